The predicted octanol–water partition coefficient (Wildman–Crippen LogP) is 0.888. The minimum absolute atomic E-state index is 0.164. The van der Waals surface area contributed by atoms with Gasteiger partial charge in [0.05, 0.1) is 7.11 Å². The van der Waals surface area contributed by atoms with E-state index in [-0.39, 0.29) is 18.2 Å². The molecule has 1 fully saturated rings. The summed E-state index contributed by atoms with van der Waals surface area (Å²) >= 11 is 0. The Balaban J connectivity index is 2.97. The first kappa shape index (κ1) is 25.8. The van der Waals surface area contributed by atoms with Crippen molar-refractivity contribution in [1.29, 1.82) is 0 Å². The lowest BCUT2D eigenvalue weighted by Gasteiger charge is -2.37. The molecule has 10 nitrogen and oxygen atoms in total. The van der Waals surface area contributed by atoms with E-state index >= 15 is 0 Å². The summed E-state index contributed by atoms with van der Waals surface area (Å²) in [5, 5.41) is 12.9. The van der Waals surface area contributed by atoms with Gasteiger partial charge in [-0.05, 0) is 25.2 Å². The highest BCUT2D eigenvalue weighted by Gasteiger charge is 2.38. The van der Waals surface area contributed by atoms with E-state index in [1.165, 1.54) is 12.1 Å². The maximum atomic E-state index is 13.2. The Morgan fingerprint density at radius 3 is 2.50 bits per heavy atom. The zero-order chi connectivity index (χ0) is 22.7. The molecule has 1 aliphatic rings. The maximum Gasteiger partial charge on any atom is 0.328 e. The van der Waals surface area contributed by atoms with E-state index in [9.17, 15) is 19.2 Å². The summed E-state index contributed by atoms with van der Waals surface area (Å²) in [5.74, 6) is -2.85. The number of carbonyl (C=O) groups is 4. The van der Waals surface area contributed by atoms with Crippen LogP contribution in [0.5, 0.6) is 0 Å². The van der Waals surface area contributed by atoms with Crippen LogP contribution in [0.3, 0.4) is 0 Å². The van der Waals surface area contributed by atoms with Gasteiger partial charge in [0.25, 0.3) is 0 Å². The highest BCUT2D eigenvalue weighted by Crippen LogP contribution is 2.21. The Morgan fingerprint density at radius 2 is 1.93 bits per heavy atom. The smallest absolute Gasteiger partial charge is 0.328 e. The van der Waals surface area contributed by atoms with E-state index < -0.39 is 35.8 Å². The maximum absolute atomic E-state index is 13.2. The third-order valence-electron chi connectivity index (χ3n) is 5.27. The van der Waals surface area contributed by atoms with Gasteiger partial charge in [-0.3, -0.25) is 24.6 Å². The Hall–Kier alpha value is -2.20. The van der Waals surface area contributed by atoms with Crippen LogP contribution in [0.1, 0.15) is 65.7 Å². The summed E-state index contributed by atoms with van der Waals surface area (Å²) in [6.45, 7) is 6.15. The van der Waals surface area contributed by atoms with Crippen LogP contribution in [0.4, 0.5) is 0 Å². The Morgan fingerprint density at radius 1 is 1.23 bits per heavy atom. The lowest BCUT2D eigenvalue weighted by molar-refractivity contribution is -0.153. The number of hydrogen-bond donors (Lipinski definition) is 4. The lowest BCUT2D eigenvalue weighted by Crippen LogP contribution is -2.62. The third kappa shape index (κ3) is 7.56. The zero-order valence-electron chi connectivity index (χ0n) is 18.4. The lowest BCUT2D eigenvalue weighted by atomic mass is 9.94. The van der Waals surface area contributed by atoms with Crippen LogP contribution in [0.2, 0.25) is 0 Å². The van der Waals surface area contributed by atoms with Crippen molar-refractivity contribution in [2.24, 2.45) is 11.8 Å². The standard InChI is InChI=1S/C20H36N4O6/c1-5-6-7-9-14(12-16(25)23-29)19(27)24-15(10-8-11-21-24)18(26)22-17(13(2)3)20(28)30-4/h13-15,17,21,29H,5-12H2,1-4H3,(H,22,26)(H,23,25)/t14-,15+,17+/m1/s1. The average Bonchev–Trinajstić information content (AvgIpc) is 2.75. The van der Waals surface area contributed by atoms with Crippen molar-refractivity contribution >= 4 is 23.7 Å². The second kappa shape index (κ2) is 13.2. The molecular formula is C20H36N4O6. The van der Waals surface area contributed by atoms with Gasteiger partial charge < -0.3 is 10.1 Å². The van der Waals surface area contributed by atoms with Gasteiger partial charge in [-0.1, -0.05) is 40.0 Å². The molecule has 1 heterocycles. The van der Waals surface area contributed by atoms with Crippen molar-refractivity contribution in [1.82, 2.24) is 21.2 Å². The van der Waals surface area contributed by atoms with Crippen LogP contribution in [-0.2, 0) is 23.9 Å². The quantitative estimate of drug-likeness (QED) is 0.166. The molecule has 10 heteroatoms. The number of nitrogens with zero attached hydrogens (tertiary/aromatic N) is 1. The van der Waals surface area contributed by atoms with Crippen molar-refractivity contribution in [2.75, 3.05) is 13.7 Å². The van der Waals surface area contributed by atoms with E-state index in [2.05, 4.69) is 10.7 Å². The fourth-order valence-corrected chi connectivity index (χ4v) is 3.51. The molecule has 0 aromatic heterocycles. The van der Waals surface area contributed by atoms with Crippen molar-refractivity contribution in [3.05, 3.63) is 0 Å². The second-order valence-electron chi connectivity index (χ2n) is 7.96. The number of carbonyl (C=O) groups excluding carboxylic acids is 4. The van der Waals surface area contributed by atoms with Gasteiger partial charge in [-0.2, -0.15) is 0 Å². The summed E-state index contributed by atoms with van der Waals surface area (Å²) in [5.41, 5.74) is 4.54. The normalized spacial score (nSPS) is 18.5. The highest BCUT2D eigenvalue weighted by atomic mass is 16.5. The summed E-state index contributed by atoms with van der Waals surface area (Å²) in [6.07, 6.45) is 4.07. The molecule has 0 bridgehead atoms. The first-order valence-electron chi connectivity index (χ1n) is 10.6. The summed E-state index contributed by atoms with van der Waals surface area (Å²) in [6, 6.07) is -1.62. The number of ether oxygens (including phenoxy) is 1. The number of hydroxylamine groups is 1. The number of amides is 3. The number of rotatable bonds is 11. The number of esters is 1. The van der Waals surface area contributed by atoms with Gasteiger partial charge >= 0.3 is 5.97 Å². The number of unbranched alkanes of at least 4 members (excludes halogenated alkanes) is 2. The molecular weight excluding hydrogens is 392 g/mol. The van der Waals surface area contributed by atoms with Crippen molar-refractivity contribution in [3.63, 3.8) is 0 Å². The van der Waals surface area contributed by atoms with Crippen LogP contribution >= 0.6 is 0 Å². The monoisotopic (exact) mass is 428 g/mol. The molecule has 3 amide bonds. The molecule has 0 saturated carbocycles. The summed E-state index contributed by atoms with van der Waals surface area (Å²) in [4.78, 5) is 49.8. The van der Waals surface area contributed by atoms with Gasteiger partial charge in [-0.15, -0.1) is 0 Å². The van der Waals surface area contributed by atoms with Gasteiger partial charge in [0.1, 0.15) is 12.1 Å². The van der Waals surface area contributed by atoms with E-state index in [1.807, 2.05) is 6.92 Å². The molecule has 0 aromatic rings. The van der Waals surface area contributed by atoms with Crippen molar-refractivity contribution in [2.45, 2.75) is 77.8 Å². The molecule has 4 N–H and O–H groups in total. The fraction of sp³-hybridized carbons (Fsp3) is 0.800. The molecule has 3 atom stereocenters. The Bertz CT molecular complexity index is 598. The Kier molecular flexibility index (Phi) is 11.3. The fourth-order valence-electron chi connectivity index (χ4n) is 3.51. The average molecular weight is 429 g/mol. The number of hydrazine groups is 1. The Labute approximate surface area is 178 Å². The molecule has 1 aliphatic heterocycles. The SMILES string of the molecule is CCCCC[C@H](CC(=O)NO)C(=O)N1NCCC[C@H]1C(=O)N[C@H](C(=O)OC)C(C)C. The van der Waals surface area contributed by atoms with Gasteiger partial charge in [-0.25, -0.2) is 15.7 Å². The second-order valence-corrected chi connectivity index (χ2v) is 7.96. The van der Waals surface area contributed by atoms with E-state index in [0.717, 1.165) is 19.3 Å². The van der Waals surface area contributed by atoms with Gasteiger partial charge in [0, 0.05) is 18.9 Å². The highest BCUT2D eigenvalue weighted by molar-refractivity contribution is 5.92. The molecule has 0 spiro atoms. The van der Waals surface area contributed by atoms with E-state index in [0.29, 0.717) is 25.8 Å². The van der Waals surface area contributed by atoms with E-state index in [1.54, 1.807) is 19.3 Å². The molecule has 1 saturated heterocycles. The minimum Gasteiger partial charge on any atom is -0.467 e. The topological polar surface area (TPSA) is 137 Å². The molecule has 1 rings (SSSR count). The minimum atomic E-state index is -0.818. The zero-order valence-corrected chi connectivity index (χ0v) is 18.4. The third-order valence-corrected chi connectivity index (χ3v) is 5.27. The van der Waals surface area contributed by atoms with Crippen molar-refractivity contribution < 1.29 is 29.1 Å². The molecule has 0 aliphatic carbocycles. The van der Waals surface area contributed by atoms with Crippen LogP contribution in [0.25, 0.3) is 0 Å². The molecule has 30 heavy (non-hydrogen) atoms. The molecule has 0 unspecified atom stereocenters. The predicted molar refractivity (Wildman–Crippen MR) is 109 cm³/mol. The van der Waals surface area contributed by atoms with Crippen LogP contribution in [0.15, 0.2) is 0 Å². The molecule has 0 radical (unpaired) electrons. The summed E-state index contributed by atoms with van der Waals surface area (Å²) in [7, 11) is 1.26. The number of hydrogen-bond acceptors (Lipinski definition) is 7. The first-order valence-corrected chi connectivity index (χ1v) is 10.6. The van der Waals surface area contributed by atoms with Crippen LogP contribution in [0, 0.1) is 11.8 Å². The number of nitrogens with one attached hydrogen (secondary N) is 3. The van der Waals surface area contributed by atoms with Gasteiger partial charge in [0.2, 0.25) is 17.7 Å². The number of methoxy groups -OCH3 is 1. The first-order chi connectivity index (χ1) is 14.3. The molecule has 0 aromatic carbocycles. The van der Waals surface area contributed by atoms with E-state index in [4.69, 9.17) is 9.94 Å². The van der Waals surface area contributed by atoms with Gasteiger partial charge in [0.15, 0.2) is 0 Å². The molecule has 172 valence electrons. The largest absolute Gasteiger partial charge is 0.467 e. The van der Waals surface area contributed by atoms with Crippen molar-refractivity contribution in [3.8, 4) is 0 Å². The van der Waals surface area contributed by atoms with Crippen LogP contribution < -0.4 is 16.2 Å². The van der Waals surface area contributed by atoms with Crippen LogP contribution in [-0.4, -0.2) is 59.6 Å². The summed E-state index contributed by atoms with van der Waals surface area (Å²) < 4.78 is 4.77.